The second-order valence-electron chi connectivity index (χ2n) is 4.42. The van der Waals surface area contributed by atoms with Gasteiger partial charge in [-0.2, -0.15) is 0 Å². The molecule has 1 aliphatic heterocycles. The summed E-state index contributed by atoms with van der Waals surface area (Å²) in [6.07, 6.45) is 4.73. The van der Waals surface area contributed by atoms with Crippen molar-refractivity contribution < 1.29 is 9.59 Å². The highest BCUT2D eigenvalue weighted by Crippen LogP contribution is 2.15. The van der Waals surface area contributed by atoms with Gasteiger partial charge in [-0.15, -0.1) is 0 Å². The first-order valence-electron chi connectivity index (χ1n) is 6.15. The molecule has 96 valence electrons. The number of hydrogen-bond acceptors (Lipinski definition) is 4. The van der Waals surface area contributed by atoms with Crippen LogP contribution in [0.15, 0.2) is 24.5 Å². The number of carbonyl (C=O) groups is 2. The zero-order valence-electron chi connectivity index (χ0n) is 10.4. The fraction of sp³-hybridized carbons (Fsp3) is 0.462. The number of aromatic nitrogens is 1. The molecule has 1 aromatic rings. The molecule has 0 bridgehead atoms. The standard InChI is InChI=1S/C13H17N3O2/c1-10(17)16(12-4-7-14-8-5-12)13(18)11-3-2-6-15-9-11/h2-3,6,9,12,14H,4-5,7-8H2,1H3. The summed E-state index contributed by atoms with van der Waals surface area (Å²) in [4.78, 5) is 29.3. The van der Waals surface area contributed by atoms with E-state index in [1.54, 1.807) is 18.3 Å². The number of amides is 2. The summed E-state index contributed by atoms with van der Waals surface area (Å²) in [5.74, 6) is -0.446. The molecule has 2 heterocycles. The van der Waals surface area contributed by atoms with Crippen molar-refractivity contribution in [3.05, 3.63) is 30.1 Å². The van der Waals surface area contributed by atoms with Gasteiger partial charge in [-0.25, -0.2) is 0 Å². The van der Waals surface area contributed by atoms with E-state index in [9.17, 15) is 9.59 Å². The Bertz CT molecular complexity index is 427. The molecule has 5 heteroatoms. The molecule has 0 aliphatic carbocycles. The Labute approximate surface area is 106 Å². The quantitative estimate of drug-likeness (QED) is 0.840. The Morgan fingerprint density at radius 1 is 1.39 bits per heavy atom. The maximum absolute atomic E-state index is 12.3. The Morgan fingerprint density at radius 2 is 2.11 bits per heavy atom. The molecule has 0 radical (unpaired) electrons. The summed E-state index contributed by atoms with van der Waals surface area (Å²) >= 11 is 0. The smallest absolute Gasteiger partial charge is 0.262 e. The van der Waals surface area contributed by atoms with Gasteiger partial charge in [0.1, 0.15) is 0 Å². The summed E-state index contributed by atoms with van der Waals surface area (Å²) in [5, 5.41) is 3.23. The number of carbonyl (C=O) groups excluding carboxylic acids is 2. The molecular formula is C13H17N3O2. The summed E-state index contributed by atoms with van der Waals surface area (Å²) < 4.78 is 0. The molecule has 0 saturated carbocycles. The van der Waals surface area contributed by atoms with Crippen molar-refractivity contribution in [3.63, 3.8) is 0 Å². The molecule has 1 fully saturated rings. The lowest BCUT2D eigenvalue weighted by molar-refractivity contribution is -0.128. The van der Waals surface area contributed by atoms with E-state index in [4.69, 9.17) is 0 Å². The monoisotopic (exact) mass is 247 g/mol. The van der Waals surface area contributed by atoms with Gasteiger partial charge < -0.3 is 5.32 Å². The maximum atomic E-state index is 12.3. The Morgan fingerprint density at radius 3 is 2.67 bits per heavy atom. The minimum Gasteiger partial charge on any atom is -0.317 e. The Kier molecular flexibility index (Phi) is 4.04. The van der Waals surface area contributed by atoms with Crippen LogP contribution in [-0.2, 0) is 4.79 Å². The van der Waals surface area contributed by atoms with E-state index in [0.717, 1.165) is 25.9 Å². The first-order chi connectivity index (χ1) is 8.70. The lowest BCUT2D eigenvalue weighted by Gasteiger charge is -2.32. The highest BCUT2D eigenvalue weighted by Gasteiger charge is 2.29. The van der Waals surface area contributed by atoms with Crippen LogP contribution >= 0.6 is 0 Å². The van der Waals surface area contributed by atoms with Crippen molar-refractivity contribution in [2.24, 2.45) is 0 Å². The van der Waals surface area contributed by atoms with Crippen LogP contribution in [0.2, 0.25) is 0 Å². The average molecular weight is 247 g/mol. The summed E-state index contributed by atoms with van der Waals surface area (Å²) in [6, 6.07) is 3.39. The van der Waals surface area contributed by atoms with E-state index in [0.29, 0.717) is 5.56 Å². The van der Waals surface area contributed by atoms with E-state index in [1.165, 1.54) is 18.0 Å². The van der Waals surface area contributed by atoms with Crippen LogP contribution in [0, 0.1) is 0 Å². The van der Waals surface area contributed by atoms with Crippen LogP contribution < -0.4 is 5.32 Å². The molecule has 2 rings (SSSR count). The zero-order valence-corrected chi connectivity index (χ0v) is 10.4. The molecule has 0 aromatic carbocycles. The molecule has 5 nitrogen and oxygen atoms in total. The van der Waals surface area contributed by atoms with Gasteiger partial charge in [-0.05, 0) is 38.1 Å². The van der Waals surface area contributed by atoms with Gasteiger partial charge in [0.05, 0.1) is 5.56 Å². The van der Waals surface area contributed by atoms with Crippen LogP contribution in [0.4, 0.5) is 0 Å². The number of imide groups is 1. The zero-order chi connectivity index (χ0) is 13.0. The number of nitrogens with one attached hydrogen (secondary N) is 1. The summed E-state index contributed by atoms with van der Waals surface area (Å²) in [6.45, 7) is 3.12. The second-order valence-corrected chi connectivity index (χ2v) is 4.42. The van der Waals surface area contributed by atoms with Gasteiger partial charge in [0.15, 0.2) is 0 Å². The van der Waals surface area contributed by atoms with Crippen LogP contribution in [0.1, 0.15) is 30.1 Å². The van der Waals surface area contributed by atoms with Gasteiger partial charge in [-0.1, -0.05) is 0 Å². The van der Waals surface area contributed by atoms with Crippen LogP contribution in [-0.4, -0.2) is 40.8 Å². The number of rotatable bonds is 2. The molecule has 18 heavy (non-hydrogen) atoms. The number of hydrogen-bond donors (Lipinski definition) is 1. The third kappa shape index (κ3) is 2.73. The fourth-order valence-corrected chi connectivity index (χ4v) is 2.26. The molecule has 1 aromatic heterocycles. The second kappa shape index (κ2) is 5.73. The molecular weight excluding hydrogens is 230 g/mol. The average Bonchev–Trinajstić information content (AvgIpc) is 2.40. The van der Waals surface area contributed by atoms with Crippen molar-refractivity contribution in [1.29, 1.82) is 0 Å². The van der Waals surface area contributed by atoms with E-state index >= 15 is 0 Å². The van der Waals surface area contributed by atoms with Gasteiger partial charge in [0.2, 0.25) is 5.91 Å². The number of pyridine rings is 1. The first-order valence-corrected chi connectivity index (χ1v) is 6.15. The molecule has 1 aliphatic rings. The summed E-state index contributed by atoms with van der Waals surface area (Å²) in [5.41, 5.74) is 0.464. The van der Waals surface area contributed by atoms with Gasteiger partial charge in [-0.3, -0.25) is 19.5 Å². The van der Waals surface area contributed by atoms with E-state index in [-0.39, 0.29) is 17.9 Å². The predicted octanol–water partition coefficient (Wildman–Crippen LogP) is 0.822. The van der Waals surface area contributed by atoms with Gasteiger partial charge in [0.25, 0.3) is 5.91 Å². The van der Waals surface area contributed by atoms with Crippen molar-refractivity contribution in [2.45, 2.75) is 25.8 Å². The lowest BCUT2D eigenvalue weighted by Crippen LogP contribution is -2.48. The SMILES string of the molecule is CC(=O)N(C(=O)c1cccnc1)C1CCNCC1. The van der Waals surface area contributed by atoms with Crippen LogP contribution in [0.25, 0.3) is 0 Å². The highest BCUT2D eigenvalue weighted by atomic mass is 16.2. The van der Waals surface area contributed by atoms with Crippen molar-refractivity contribution >= 4 is 11.8 Å². The molecule has 0 atom stereocenters. The molecule has 1 N–H and O–H groups in total. The van der Waals surface area contributed by atoms with Crippen LogP contribution in [0.3, 0.4) is 0 Å². The molecule has 2 amide bonds. The highest BCUT2D eigenvalue weighted by molar-refractivity contribution is 6.04. The Hall–Kier alpha value is -1.75. The Balaban J connectivity index is 2.19. The van der Waals surface area contributed by atoms with E-state index < -0.39 is 0 Å². The first kappa shape index (κ1) is 12.7. The topological polar surface area (TPSA) is 62.3 Å². The normalized spacial score (nSPS) is 16.3. The molecule has 0 spiro atoms. The molecule has 0 unspecified atom stereocenters. The third-order valence-electron chi connectivity index (χ3n) is 3.14. The number of nitrogens with zero attached hydrogens (tertiary/aromatic N) is 2. The lowest BCUT2D eigenvalue weighted by atomic mass is 10.0. The summed E-state index contributed by atoms with van der Waals surface area (Å²) in [7, 11) is 0. The van der Waals surface area contributed by atoms with Crippen molar-refractivity contribution in [1.82, 2.24) is 15.2 Å². The van der Waals surface area contributed by atoms with Gasteiger partial charge in [0, 0.05) is 25.4 Å². The van der Waals surface area contributed by atoms with Crippen molar-refractivity contribution in [3.8, 4) is 0 Å². The third-order valence-corrected chi connectivity index (χ3v) is 3.14. The van der Waals surface area contributed by atoms with E-state index in [2.05, 4.69) is 10.3 Å². The predicted molar refractivity (Wildman–Crippen MR) is 67.0 cm³/mol. The fourth-order valence-electron chi connectivity index (χ4n) is 2.26. The largest absolute Gasteiger partial charge is 0.317 e. The minimum absolute atomic E-state index is 0.00328. The molecule has 1 saturated heterocycles. The maximum Gasteiger partial charge on any atom is 0.262 e. The van der Waals surface area contributed by atoms with Crippen LogP contribution in [0.5, 0.6) is 0 Å². The number of piperidine rings is 1. The minimum atomic E-state index is -0.248. The van der Waals surface area contributed by atoms with Gasteiger partial charge >= 0.3 is 0 Å². The van der Waals surface area contributed by atoms with E-state index in [1.807, 2.05) is 0 Å². The van der Waals surface area contributed by atoms with Crippen molar-refractivity contribution in [2.75, 3.05) is 13.1 Å².